The summed E-state index contributed by atoms with van der Waals surface area (Å²) in [5.74, 6) is -1.14. The zero-order valence-corrected chi connectivity index (χ0v) is 14.8. The minimum atomic E-state index is -1.66. The summed E-state index contributed by atoms with van der Waals surface area (Å²) >= 11 is 0.985. The molecule has 1 saturated heterocycles. The summed E-state index contributed by atoms with van der Waals surface area (Å²) in [5, 5.41) is 9.83. The maximum absolute atomic E-state index is 12.6. The van der Waals surface area contributed by atoms with Crippen LogP contribution in [0.15, 0.2) is 0 Å². The summed E-state index contributed by atoms with van der Waals surface area (Å²) in [5.41, 5.74) is 4.82. The fraction of sp³-hybridized carbons (Fsp3) is 0.786. The Kier molecular flexibility index (Phi) is 6.06. The van der Waals surface area contributed by atoms with Crippen molar-refractivity contribution >= 4 is 29.6 Å². The molecule has 1 fully saturated rings. The Balaban J connectivity index is 3.31. The molecule has 0 spiro atoms. The second-order valence-corrected chi connectivity index (χ2v) is 7.59. The van der Waals surface area contributed by atoms with Crippen molar-refractivity contribution in [3.8, 4) is 0 Å². The van der Waals surface area contributed by atoms with Crippen LogP contribution in [0.2, 0.25) is 0 Å². The van der Waals surface area contributed by atoms with Crippen molar-refractivity contribution in [2.75, 3.05) is 19.5 Å². The normalized spacial score (nSPS) is 25.9. The summed E-state index contributed by atoms with van der Waals surface area (Å²) in [6, 6.07) is -1.95. The highest BCUT2D eigenvalue weighted by Crippen LogP contribution is 2.42. The maximum Gasteiger partial charge on any atom is 0.412 e. The van der Waals surface area contributed by atoms with Crippen molar-refractivity contribution in [2.24, 2.45) is 5.73 Å². The molecule has 0 aromatic rings. The lowest BCUT2D eigenvalue weighted by atomic mass is 10.0. The van der Waals surface area contributed by atoms with Crippen molar-refractivity contribution in [1.29, 1.82) is 0 Å². The lowest BCUT2D eigenvalue weighted by molar-refractivity contribution is -0.148. The van der Waals surface area contributed by atoms with E-state index >= 15 is 0 Å². The average Bonchev–Trinajstić information content (AvgIpc) is 2.84. The van der Waals surface area contributed by atoms with Gasteiger partial charge < -0.3 is 20.3 Å². The van der Waals surface area contributed by atoms with E-state index in [4.69, 9.17) is 15.2 Å². The molecule has 9 heteroatoms. The Bertz CT molecular complexity index is 490. The zero-order chi connectivity index (χ0) is 18.0. The minimum absolute atomic E-state index is 0.102. The number of nitrogens with zero attached hydrogens (tertiary/aromatic N) is 1. The predicted octanol–water partition coefficient (Wildman–Crippen LogP) is 0.117. The van der Waals surface area contributed by atoms with Crippen LogP contribution in [0.4, 0.5) is 4.79 Å². The van der Waals surface area contributed by atoms with Gasteiger partial charge in [0.25, 0.3) is 0 Å². The molecule has 0 radical (unpaired) electrons. The molecule has 0 saturated carbocycles. The number of carbonyl (C=O) groups excluding carboxylic acids is 3. The van der Waals surface area contributed by atoms with E-state index in [1.807, 2.05) is 0 Å². The van der Waals surface area contributed by atoms with E-state index in [2.05, 4.69) is 0 Å². The first-order chi connectivity index (χ1) is 10.5. The number of aliphatic hydroxyl groups is 1. The third kappa shape index (κ3) is 3.96. The Labute approximate surface area is 139 Å². The van der Waals surface area contributed by atoms with Crippen LogP contribution in [0, 0.1) is 0 Å². The van der Waals surface area contributed by atoms with Gasteiger partial charge in [-0.05, 0) is 27.7 Å². The van der Waals surface area contributed by atoms with Gasteiger partial charge in [0, 0.05) is 5.75 Å². The highest BCUT2D eigenvalue weighted by molar-refractivity contribution is 8.01. The van der Waals surface area contributed by atoms with Gasteiger partial charge in [0.1, 0.15) is 11.6 Å². The highest BCUT2D eigenvalue weighted by Gasteiger charge is 2.58. The molecule has 1 amide bonds. The molecule has 0 aliphatic carbocycles. The molecule has 0 aromatic carbocycles. The molecule has 1 heterocycles. The smallest absolute Gasteiger partial charge is 0.412 e. The van der Waals surface area contributed by atoms with Gasteiger partial charge in [-0.15, -0.1) is 11.8 Å². The van der Waals surface area contributed by atoms with Crippen LogP contribution in [0.3, 0.4) is 0 Å². The van der Waals surface area contributed by atoms with E-state index in [1.165, 1.54) is 14.0 Å². The minimum Gasteiger partial charge on any atom is -0.467 e. The Hall–Kier alpha value is -1.32. The van der Waals surface area contributed by atoms with Gasteiger partial charge in [-0.1, -0.05) is 0 Å². The van der Waals surface area contributed by atoms with Crippen molar-refractivity contribution in [3.05, 3.63) is 0 Å². The highest BCUT2D eigenvalue weighted by atomic mass is 32.2. The molecule has 23 heavy (non-hydrogen) atoms. The largest absolute Gasteiger partial charge is 0.467 e. The maximum atomic E-state index is 12.6. The number of thioether (sulfide) groups is 1. The molecule has 1 aliphatic rings. The van der Waals surface area contributed by atoms with Gasteiger partial charge in [-0.25, -0.2) is 9.59 Å². The van der Waals surface area contributed by atoms with E-state index in [0.717, 1.165) is 16.7 Å². The zero-order valence-electron chi connectivity index (χ0n) is 14.0. The molecule has 1 rings (SSSR count). The average molecular weight is 348 g/mol. The topological polar surface area (TPSA) is 119 Å². The number of ketones is 1. The number of hydrogen-bond donors (Lipinski definition) is 2. The first kappa shape index (κ1) is 19.7. The fourth-order valence-corrected chi connectivity index (χ4v) is 3.73. The number of carbonyl (C=O) groups is 3. The van der Waals surface area contributed by atoms with E-state index in [-0.39, 0.29) is 5.75 Å². The lowest BCUT2D eigenvalue weighted by Crippen LogP contribution is -2.62. The van der Waals surface area contributed by atoms with Crippen LogP contribution in [-0.4, -0.2) is 69.9 Å². The fourth-order valence-electron chi connectivity index (χ4n) is 2.25. The summed E-state index contributed by atoms with van der Waals surface area (Å²) in [7, 11) is 1.19. The van der Waals surface area contributed by atoms with Crippen LogP contribution in [0.5, 0.6) is 0 Å². The van der Waals surface area contributed by atoms with Crippen LogP contribution in [0.1, 0.15) is 27.7 Å². The summed E-state index contributed by atoms with van der Waals surface area (Å²) in [6.07, 6.45) is -0.874. The molecule has 8 nitrogen and oxygen atoms in total. The van der Waals surface area contributed by atoms with E-state index in [1.54, 1.807) is 20.8 Å². The van der Waals surface area contributed by atoms with Crippen molar-refractivity contribution in [3.63, 3.8) is 0 Å². The van der Waals surface area contributed by atoms with Crippen molar-refractivity contribution in [2.45, 2.75) is 50.3 Å². The van der Waals surface area contributed by atoms with Crippen molar-refractivity contribution < 1.29 is 29.0 Å². The lowest BCUT2D eigenvalue weighted by Gasteiger charge is -2.38. The Morgan fingerprint density at radius 2 is 2.00 bits per heavy atom. The van der Waals surface area contributed by atoms with Crippen LogP contribution in [0.25, 0.3) is 0 Å². The number of ether oxygens (including phenoxy) is 2. The number of methoxy groups -OCH3 is 1. The first-order valence-corrected chi connectivity index (χ1v) is 8.13. The summed E-state index contributed by atoms with van der Waals surface area (Å²) in [6.45, 7) is 5.77. The molecule has 3 N–H and O–H groups in total. The number of Topliss-reactive ketones (excluding diaryl/α,β-unsaturated/α-hetero) is 1. The van der Waals surface area contributed by atoms with Gasteiger partial charge in [0.05, 0.1) is 19.8 Å². The molecule has 2 unspecified atom stereocenters. The molecule has 0 bridgehead atoms. The van der Waals surface area contributed by atoms with Crippen LogP contribution < -0.4 is 5.73 Å². The van der Waals surface area contributed by atoms with Gasteiger partial charge in [-0.3, -0.25) is 9.69 Å². The number of hydrogen-bond acceptors (Lipinski definition) is 8. The van der Waals surface area contributed by atoms with E-state index in [9.17, 15) is 19.5 Å². The van der Waals surface area contributed by atoms with Gasteiger partial charge in [0.2, 0.25) is 0 Å². The molecule has 132 valence electrons. The quantitative estimate of drug-likeness (QED) is 0.688. The number of esters is 1. The molecule has 3 atom stereocenters. The summed E-state index contributed by atoms with van der Waals surface area (Å²) < 4.78 is 9.99. The van der Waals surface area contributed by atoms with Crippen LogP contribution in [-0.2, 0) is 19.1 Å². The molecule has 1 aliphatic heterocycles. The van der Waals surface area contributed by atoms with Crippen LogP contribution >= 0.6 is 11.8 Å². The van der Waals surface area contributed by atoms with Gasteiger partial charge >= 0.3 is 12.1 Å². The second-order valence-electron chi connectivity index (χ2n) is 6.30. The molecular weight excluding hydrogens is 324 g/mol. The number of rotatable bonds is 4. The standard InChI is InChI=1S/C14H24N2O6S/c1-8(15)10(18)14(7-17)16(12(20)22-13(2,3)4)9(6-23-14)11(19)21-5/h8-9,17H,6-7,15H2,1-5H3/t8-,9?,14?/m0/s1. The SMILES string of the molecule is COC(=O)C1CSC(CO)(C(=O)[C@H](C)N)N1C(=O)OC(C)(C)C. The summed E-state index contributed by atoms with van der Waals surface area (Å²) in [4.78, 5) is 36.4. The number of aliphatic hydroxyl groups excluding tert-OH is 1. The van der Waals surface area contributed by atoms with Gasteiger partial charge in [-0.2, -0.15) is 0 Å². The Morgan fingerprint density at radius 3 is 2.39 bits per heavy atom. The third-order valence-corrected chi connectivity index (χ3v) is 4.74. The number of nitrogens with two attached hydrogens (primary N) is 1. The third-order valence-electron chi connectivity index (χ3n) is 3.26. The van der Waals surface area contributed by atoms with Gasteiger partial charge in [0.15, 0.2) is 10.7 Å². The molecule has 0 aromatic heterocycles. The monoisotopic (exact) mass is 348 g/mol. The first-order valence-electron chi connectivity index (χ1n) is 7.15. The van der Waals surface area contributed by atoms with Crippen molar-refractivity contribution in [1.82, 2.24) is 4.90 Å². The predicted molar refractivity (Wildman–Crippen MR) is 84.8 cm³/mol. The Morgan fingerprint density at radius 1 is 1.43 bits per heavy atom. The second kappa shape index (κ2) is 7.06. The van der Waals surface area contributed by atoms with E-state index in [0.29, 0.717) is 0 Å². The number of amides is 1. The van der Waals surface area contributed by atoms with E-state index < -0.39 is 47.0 Å². The molecular formula is C14H24N2O6S.